The van der Waals surface area contributed by atoms with Gasteiger partial charge in [0, 0.05) is 50.5 Å². The Bertz CT molecular complexity index is 810. The number of piperidine rings is 1. The summed E-state index contributed by atoms with van der Waals surface area (Å²) in [7, 11) is 1.95. The molecule has 1 fully saturated rings. The maximum atomic E-state index is 12.4. The van der Waals surface area contributed by atoms with E-state index in [1.54, 1.807) is 0 Å². The summed E-state index contributed by atoms with van der Waals surface area (Å²) in [5.74, 6) is 1.25. The van der Waals surface area contributed by atoms with E-state index in [9.17, 15) is 4.79 Å². The molecule has 3 rings (SSSR count). The Balaban J connectivity index is 1.54. The van der Waals surface area contributed by atoms with Crippen LogP contribution < -0.4 is 10.2 Å². The summed E-state index contributed by atoms with van der Waals surface area (Å²) in [5.41, 5.74) is 2.24. The van der Waals surface area contributed by atoms with Crippen LogP contribution in [0.2, 0.25) is 0 Å². The highest BCUT2D eigenvalue weighted by molar-refractivity contribution is 7.99. The molecule has 7 nitrogen and oxygen atoms in total. The fourth-order valence-electron chi connectivity index (χ4n) is 3.90. The average molecular weight is 431 g/mol. The van der Waals surface area contributed by atoms with Gasteiger partial charge in [-0.05, 0) is 57.5 Å². The van der Waals surface area contributed by atoms with Crippen LogP contribution in [0, 0.1) is 0 Å². The number of hydrogen-bond acceptors (Lipinski definition) is 6. The zero-order chi connectivity index (χ0) is 21.5. The van der Waals surface area contributed by atoms with Gasteiger partial charge in [-0.1, -0.05) is 18.7 Å². The lowest BCUT2D eigenvalue weighted by Gasteiger charge is -2.31. The van der Waals surface area contributed by atoms with E-state index in [4.69, 9.17) is 0 Å². The van der Waals surface area contributed by atoms with Crippen molar-refractivity contribution in [3.05, 3.63) is 24.3 Å². The van der Waals surface area contributed by atoms with Crippen molar-refractivity contribution in [3.63, 3.8) is 0 Å². The number of aromatic nitrogens is 3. The second-order valence-corrected chi connectivity index (χ2v) is 8.59. The molecule has 0 bridgehead atoms. The zero-order valence-corrected chi connectivity index (χ0v) is 19.4. The molecule has 1 N–H and O–H groups in total. The third-order valence-electron chi connectivity index (χ3n) is 5.82. The van der Waals surface area contributed by atoms with Crippen LogP contribution in [0.5, 0.6) is 0 Å². The quantitative estimate of drug-likeness (QED) is 0.617. The number of carbonyl (C=O) groups excluding carboxylic acids is 1. The first-order valence-corrected chi connectivity index (χ1v) is 11.9. The molecule has 1 aromatic carbocycles. The molecular formula is C22H34N6OS. The van der Waals surface area contributed by atoms with Gasteiger partial charge in [-0.2, -0.15) is 0 Å². The van der Waals surface area contributed by atoms with Gasteiger partial charge in [-0.3, -0.25) is 4.79 Å². The molecule has 30 heavy (non-hydrogen) atoms. The Morgan fingerprint density at radius 1 is 1.13 bits per heavy atom. The van der Waals surface area contributed by atoms with Crippen molar-refractivity contribution in [1.82, 2.24) is 25.0 Å². The van der Waals surface area contributed by atoms with E-state index in [0.717, 1.165) is 62.1 Å². The lowest BCUT2D eigenvalue weighted by molar-refractivity contribution is -0.119. The minimum absolute atomic E-state index is 0.0723. The van der Waals surface area contributed by atoms with Crippen LogP contribution in [-0.4, -0.2) is 70.1 Å². The largest absolute Gasteiger partial charge is 0.372 e. The summed E-state index contributed by atoms with van der Waals surface area (Å²) < 4.78 is 1.96. The third-order valence-corrected chi connectivity index (χ3v) is 6.84. The van der Waals surface area contributed by atoms with E-state index < -0.39 is 0 Å². The maximum absolute atomic E-state index is 12.4. The predicted molar refractivity (Wildman–Crippen MR) is 124 cm³/mol. The Morgan fingerprint density at radius 3 is 2.40 bits per heavy atom. The summed E-state index contributed by atoms with van der Waals surface area (Å²) in [6, 6.07) is 8.71. The molecule has 0 atom stereocenters. The van der Waals surface area contributed by atoms with Crippen LogP contribution in [0.4, 0.5) is 5.69 Å². The number of amides is 1. The number of anilines is 1. The van der Waals surface area contributed by atoms with Crippen molar-refractivity contribution in [1.29, 1.82) is 0 Å². The molecule has 2 heterocycles. The number of likely N-dealkylation sites (tertiary alicyclic amines) is 1. The first-order valence-electron chi connectivity index (χ1n) is 10.9. The van der Waals surface area contributed by atoms with Crippen molar-refractivity contribution in [2.45, 2.75) is 44.8 Å². The van der Waals surface area contributed by atoms with Gasteiger partial charge < -0.3 is 19.7 Å². The summed E-state index contributed by atoms with van der Waals surface area (Å²) in [4.78, 5) is 17.1. The van der Waals surface area contributed by atoms with Crippen LogP contribution >= 0.6 is 11.8 Å². The van der Waals surface area contributed by atoms with E-state index in [0.29, 0.717) is 11.8 Å². The summed E-state index contributed by atoms with van der Waals surface area (Å²) in [6.45, 7) is 11.7. The molecule has 8 heteroatoms. The van der Waals surface area contributed by atoms with Crippen LogP contribution in [0.25, 0.3) is 11.4 Å². The fourth-order valence-corrected chi connectivity index (χ4v) is 4.62. The average Bonchev–Trinajstić information content (AvgIpc) is 3.14. The second kappa shape index (κ2) is 10.8. The topological polar surface area (TPSA) is 66.3 Å². The Labute approximate surface area is 184 Å². The molecule has 1 aliphatic rings. The molecule has 0 saturated carbocycles. The molecule has 1 saturated heterocycles. The predicted octanol–water partition coefficient (Wildman–Crippen LogP) is 3.02. The van der Waals surface area contributed by atoms with Gasteiger partial charge in [0.25, 0.3) is 0 Å². The first-order chi connectivity index (χ1) is 14.5. The van der Waals surface area contributed by atoms with Crippen molar-refractivity contribution in [2.75, 3.05) is 43.4 Å². The number of carbonyl (C=O) groups is 1. The Kier molecular flexibility index (Phi) is 8.16. The van der Waals surface area contributed by atoms with Gasteiger partial charge in [0.05, 0.1) is 5.75 Å². The molecule has 0 unspecified atom stereocenters. The van der Waals surface area contributed by atoms with Gasteiger partial charge in [0.2, 0.25) is 5.91 Å². The molecule has 0 spiro atoms. The number of nitrogens with one attached hydrogen (secondary N) is 1. The van der Waals surface area contributed by atoms with E-state index in [1.807, 2.05) is 11.6 Å². The van der Waals surface area contributed by atoms with Gasteiger partial charge >= 0.3 is 0 Å². The smallest absolute Gasteiger partial charge is 0.230 e. The van der Waals surface area contributed by atoms with Crippen LogP contribution in [0.15, 0.2) is 29.4 Å². The van der Waals surface area contributed by atoms with Gasteiger partial charge in [0.1, 0.15) is 0 Å². The number of hydrogen-bond donors (Lipinski definition) is 1. The lowest BCUT2D eigenvalue weighted by Crippen LogP contribution is -2.45. The van der Waals surface area contributed by atoms with Crippen molar-refractivity contribution in [3.8, 4) is 11.4 Å². The standard InChI is InChI=1S/C22H34N6OS/c1-5-27-14-12-18(13-15-27)23-20(29)16-30-22-25-24-21(26(22)4)17-8-10-19(11-9-17)28(6-2)7-3/h8-11,18H,5-7,12-16H2,1-4H3,(H,23,29). The lowest BCUT2D eigenvalue weighted by atomic mass is 10.1. The number of thioether (sulfide) groups is 1. The number of benzene rings is 1. The maximum Gasteiger partial charge on any atom is 0.230 e. The Hall–Kier alpha value is -2.06. The summed E-state index contributed by atoms with van der Waals surface area (Å²) >= 11 is 1.44. The molecule has 1 amide bonds. The fraction of sp³-hybridized carbons (Fsp3) is 0.591. The van der Waals surface area contributed by atoms with E-state index in [1.165, 1.54) is 17.4 Å². The van der Waals surface area contributed by atoms with Crippen LogP contribution in [-0.2, 0) is 11.8 Å². The normalized spacial score (nSPS) is 15.3. The van der Waals surface area contributed by atoms with Gasteiger partial charge in [0.15, 0.2) is 11.0 Å². The number of nitrogens with zero attached hydrogens (tertiary/aromatic N) is 5. The summed E-state index contributed by atoms with van der Waals surface area (Å²) in [5, 5.41) is 12.6. The highest BCUT2D eigenvalue weighted by atomic mass is 32.2. The molecule has 0 aliphatic carbocycles. The molecule has 164 valence electrons. The van der Waals surface area contributed by atoms with Crippen molar-refractivity contribution < 1.29 is 4.79 Å². The van der Waals surface area contributed by atoms with E-state index in [-0.39, 0.29) is 5.91 Å². The Morgan fingerprint density at radius 2 is 1.80 bits per heavy atom. The monoisotopic (exact) mass is 430 g/mol. The SMILES string of the molecule is CCN1CCC(NC(=O)CSc2nnc(-c3ccc(N(CC)CC)cc3)n2C)CC1. The van der Waals surface area contributed by atoms with Gasteiger partial charge in [-0.15, -0.1) is 10.2 Å². The summed E-state index contributed by atoms with van der Waals surface area (Å²) in [6.07, 6.45) is 2.06. The van der Waals surface area contributed by atoms with Crippen molar-refractivity contribution in [2.24, 2.45) is 7.05 Å². The molecule has 0 radical (unpaired) electrons. The minimum Gasteiger partial charge on any atom is -0.372 e. The molecular weight excluding hydrogens is 396 g/mol. The molecule has 1 aromatic heterocycles. The van der Waals surface area contributed by atoms with Crippen LogP contribution in [0.3, 0.4) is 0 Å². The van der Waals surface area contributed by atoms with E-state index in [2.05, 4.69) is 70.4 Å². The van der Waals surface area contributed by atoms with Crippen LogP contribution in [0.1, 0.15) is 33.6 Å². The second-order valence-electron chi connectivity index (χ2n) is 7.65. The van der Waals surface area contributed by atoms with Gasteiger partial charge in [-0.25, -0.2) is 0 Å². The highest BCUT2D eigenvalue weighted by Gasteiger charge is 2.20. The third kappa shape index (κ3) is 5.55. The zero-order valence-electron chi connectivity index (χ0n) is 18.6. The minimum atomic E-state index is 0.0723. The first kappa shape index (κ1) is 22.6. The molecule has 2 aromatic rings. The number of rotatable bonds is 9. The van der Waals surface area contributed by atoms with E-state index >= 15 is 0 Å². The van der Waals surface area contributed by atoms with Crippen molar-refractivity contribution >= 4 is 23.4 Å². The molecule has 1 aliphatic heterocycles. The highest BCUT2D eigenvalue weighted by Crippen LogP contribution is 2.25.